The molecule has 0 amide bonds. The Bertz CT molecular complexity index is 844. The number of phosphoric acid groups is 1. The summed E-state index contributed by atoms with van der Waals surface area (Å²) in [5, 5.41) is 0. The number of carbonyl (C=O) groups excluding carboxylic acids is 2. The SMILES string of the molecule is CC#CC#CC#CC(=O)OC[C@@H](COP(=O)(O)O)OC(=O)CCCCCCCCCCCCCCC. The van der Waals surface area contributed by atoms with E-state index >= 15 is 0 Å². The third kappa shape index (κ3) is 24.8. The molecule has 2 N–H and O–H groups in total. The van der Waals surface area contributed by atoms with Gasteiger partial charge in [0.15, 0.2) is 6.10 Å². The van der Waals surface area contributed by atoms with Gasteiger partial charge in [-0.1, -0.05) is 89.9 Å². The van der Waals surface area contributed by atoms with Crippen LogP contribution < -0.4 is 0 Å². The van der Waals surface area contributed by atoms with Crippen molar-refractivity contribution in [3.8, 4) is 35.5 Å². The highest BCUT2D eigenvalue weighted by molar-refractivity contribution is 7.46. The molecule has 0 saturated carbocycles. The fourth-order valence-electron chi connectivity index (χ4n) is 3.24. The summed E-state index contributed by atoms with van der Waals surface area (Å²) in [4.78, 5) is 41.6. The van der Waals surface area contributed by atoms with Crippen LogP contribution in [0.5, 0.6) is 0 Å². The minimum absolute atomic E-state index is 0.159. The Morgan fingerprint density at radius 3 is 1.83 bits per heavy atom. The lowest BCUT2D eigenvalue weighted by Gasteiger charge is -2.17. The number of esters is 2. The molecule has 0 aliphatic carbocycles. The molecule has 0 rings (SSSR count). The van der Waals surface area contributed by atoms with Crippen molar-refractivity contribution in [2.45, 2.75) is 110 Å². The Balaban J connectivity index is 4.15. The van der Waals surface area contributed by atoms with Gasteiger partial charge >= 0.3 is 19.8 Å². The highest BCUT2D eigenvalue weighted by Crippen LogP contribution is 2.35. The predicted octanol–water partition coefficient (Wildman–Crippen LogP) is 5.06. The molecule has 8 nitrogen and oxygen atoms in total. The van der Waals surface area contributed by atoms with Crippen LogP contribution in [0.25, 0.3) is 0 Å². The summed E-state index contributed by atoms with van der Waals surface area (Å²) in [6.45, 7) is 2.75. The molecule has 0 aromatic heterocycles. The Morgan fingerprint density at radius 1 is 0.778 bits per heavy atom. The van der Waals surface area contributed by atoms with Crippen LogP contribution in [0.2, 0.25) is 0 Å². The maximum atomic E-state index is 12.1. The molecular formula is C27H41O8P. The van der Waals surface area contributed by atoms with E-state index in [-0.39, 0.29) is 6.42 Å². The lowest BCUT2D eigenvalue weighted by Crippen LogP contribution is -2.29. The van der Waals surface area contributed by atoms with Gasteiger partial charge in [0.1, 0.15) is 6.61 Å². The van der Waals surface area contributed by atoms with Gasteiger partial charge in [0, 0.05) is 12.3 Å². The van der Waals surface area contributed by atoms with Crippen molar-refractivity contribution >= 4 is 19.8 Å². The van der Waals surface area contributed by atoms with Crippen LogP contribution >= 0.6 is 7.82 Å². The van der Waals surface area contributed by atoms with E-state index in [1.165, 1.54) is 57.8 Å². The summed E-state index contributed by atoms with van der Waals surface area (Å²) >= 11 is 0. The summed E-state index contributed by atoms with van der Waals surface area (Å²) in [7, 11) is -4.78. The first-order valence-corrected chi connectivity index (χ1v) is 14.3. The topological polar surface area (TPSA) is 119 Å². The summed E-state index contributed by atoms with van der Waals surface area (Å²) in [5.74, 6) is 12.6. The van der Waals surface area contributed by atoms with Gasteiger partial charge in [-0.2, -0.15) is 0 Å². The average Bonchev–Trinajstić information content (AvgIpc) is 2.83. The lowest BCUT2D eigenvalue weighted by molar-refractivity contribution is -0.158. The number of rotatable bonds is 20. The van der Waals surface area contributed by atoms with Crippen molar-refractivity contribution in [1.82, 2.24) is 0 Å². The number of hydrogen-bond acceptors (Lipinski definition) is 6. The zero-order valence-corrected chi connectivity index (χ0v) is 22.6. The first-order valence-electron chi connectivity index (χ1n) is 12.8. The van der Waals surface area contributed by atoms with E-state index < -0.39 is 39.1 Å². The van der Waals surface area contributed by atoms with Gasteiger partial charge in [-0.25, -0.2) is 9.36 Å². The van der Waals surface area contributed by atoms with E-state index in [4.69, 9.17) is 19.3 Å². The first-order chi connectivity index (χ1) is 17.3. The molecular weight excluding hydrogens is 483 g/mol. The normalized spacial score (nSPS) is 11.1. The van der Waals surface area contributed by atoms with Crippen molar-refractivity contribution < 1.29 is 37.9 Å². The third-order valence-corrected chi connectivity index (χ3v) is 5.57. The number of ether oxygens (including phenoxy) is 2. The van der Waals surface area contributed by atoms with Crippen molar-refractivity contribution in [3.05, 3.63) is 0 Å². The largest absolute Gasteiger partial charge is 0.469 e. The quantitative estimate of drug-likeness (QED) is 0.0746. The van der Waals surface area contributed by atoms with Crippen molar-refractivity contribution in [2.75, 3.05) is 13.2 Å². The molecule has 0 aliphatic rings. The minimum Gasteiger partial charge on any atom is -0.456 e. The molecule has 0 aromatic rings. The number of hydrogen-bond donors (Lipinski definition) is 2. The Hall–Kier alpha value is -2.27. The maximum absolute atomic E-state index is 12.1. The van der Waals surface area contributed by atoms with Gasteiger partial charge in [0.25, 0.3) is 0 Å². The van der Waals surface area contributed by atoms with Crippen LogP contribution in [-0.4, -0.2) is 41.0 Å². The molecule has 0 aliphatic heterocycles. The van der Waals surface area contributed by atoms with Crippen LogP contribution in [0.15, 0.2) is 0 Å². The Labute approximate surface area is 216 Å². The Morgan fingerprint density at radius 2 is 1.31 bits per heavy atom. The van der Waals surface area contributed by atoms with E-state index in [1.54, 1.807) is 6.92 Å². The monoisotopic (exact) mass is 524 g/mol. The second-order valence-corrected chi connectivity index (χ2v) is 9.60. The van der Waals surface area contributed by atoms with Crippen LogP contribution in [0.1, 0.15) is 104 Å². The number of phosphoric ester groups is 1. The van der Waals surface area contributed by atoms with E-state index in [9.17, 15) is 14.2 Å². The molecule has 36 heavy (non-hydrogen) atoms. The standard InChI is InChI=1S/C27H41O8P/c1-3-5-7-9-10-11-12-13-14-15-16-18-20-22-27(29)35-25(24-34-36(30,31)32)23-33-26(28)21-19-17-8-6-4-2/h25H,3,5,7,9-16,18,20,22-24H2,1-2H3,(H2,30,31,32)/t25-/m0/s1. The maximum Gasteiger partial charge on any atom is 0.469 e. The van der Waals surface area contributed by atoms with Gasteiger partial charge in [-0.3, -0.25) is 9.32 Å². The summed E-state index contributed by atoms with van der Waals surface area (Å²) < 4.78 is 25.4. The fraction of sp³-hybridized carbons (Fsp3) is 0.704. The van der Waals surface area contributed by atoms with Crippen LogP contribution in [0.3, 0.4) is 0 Å². The summed E-state index contributed by atoms with van der Waals surface area (Å²) in [6.07, 6.45) is 14.4. The highest BCUT2D eigenvalue weighted by atomic mass is 31.2. The van der Waals surface area contributed by atoms with Crippen LogP contribution in [0, 0.1) is 35.5 Å². The average molecular weight is 525 g/mol. The number of unbranched alkanes of at least 4 members (excludes halogenated alkanes) is 12. The lowest BCUT2D eigenvalue weighted by atomic mass is 10.0. The Kier molecular flexibility index (Phi) is 21.7. The van der Waals surface area contributed by atoms with Crippen molar-refractivity contribution in [1.29, 1.82) is 0 Å². The molecule has 0 heterocycles. The van der Waals surface area contributed by atoms with E-state index in [0.717, 1.165) is 19.3 Å². The van der Waals surface area contributed by atoms with E-state index in [2.05, 4.69) is 47.0 Å². The second kappa shape index (κ2) is 23.1. The summed E-state index contributed by atoms with van der Waals surface area (Å²) in [6, 6.07) is 0. The van der Waals surface area contributed by atoms with E-state index in [0.29, 0.717) is 6.42 Å². The van der Waals surface area contributed by atoms with Crippen LogP contribution in [0.4, 0.5) is 0 Å². The van der Waals surface area contributed by atoms with Gasteiger partial charge in [-0.05, 0) is 37.0 Å². The third-order valence-electron chi connectivity index (χ3n) is 5.09. The van der Waals surface area contributed by atoms with Gasteiger partial charge in [0.2, 0.25) is 0 Å². The van der Waals surface area contributed by atoms with Gasteiger partial charge in [0.05, 0.1) is 6.61 Å². The molecule has 0 aromatic carbocycles. The summed E-state index contributed by atoms with van der Waals surface area (Å²) in [5.41, 5.74) is 0. The van der Waals surface area contributed by atoms with Crippen LogP contribution in [-0.2, 0) is 28.2 Å². The molecule has 0 bridgehead atoms. The zero-order valence-electron chi connectivity index (χ0n) is 21.7. The molecule has 0 saturated heterocycles. The minimum atomic E-state index is -4.78. The second-order valence-electron chi connectivity index (χ2n) is 8.36. The number of carbonyl (C=O) groups is 2. The van der Waals surface area contributed by atoms with Crippen molar-refractivity contribution in [3.63, 3.8) is 0 Å². The highest BCUT2D eigenvalue weighted by Gasteiger charge is 2.22. The van der Waals surface area contributed by atoms with Gasteiger partial charge in [-0.15, -0.1) is 0 Å². The molecule has 0 radical (unpaired) electrons. The molecule has 0 unspecified atom stereocenters. The molecule has 0 spiro atoms. The van der Waals surface area contributed by atoms with Gasteiger partial charge < -0.3 is 19.3 Å². The van der Waals surface area contributed by atoms with E-state index in [1.807, 2.05) is 0 Å². The molecule has 9 heteroatoms. The first kappa shape index (κ1) is 33.7. The molecule has 0 fully saturated rings. The molecule has 202 valence electrons. The zero-order chi connectivity index (χ0) is 26.9. The fourth-order valence-corrected chi connectivity index (χ4v) is 3.60. The van der Waals surface area contributed by atoms with Crippen molar-refractivity contribution in [2.24, 2.45) is 0 Å². The smallest absolute Gasteiger partial charge is 0.456 e. The predicted molar refractivity (Wildman–Crippen MR) is 138 cm³/mol. The molecule has 1 atom stereocenters.